The highest BCUT2D eigenvalue weighted by Gasteiger charge is 2.25. The number of aromatic nitrogens is 1. The highest BCUT2D eigenvalue weighted by molar-refractivity contribution is 6.01. The molecule has 2 amide bonds. The van der Waals surface area contributed by atoms with Gasteiger partial charge in [0.1, 0.15) is 5.70 Å². The summed E-state index contributed by atoms with van der Waals surface area (Å²) in [6.45, 7) is 5.50. The fourth-order valence-electron chi connectivity index (χ4n) is 3.52. The molecule has 0 aliphatic heterocycles. The molecule has 0 atom stereocenters. The van der Waals surface area contributed by atoms with Gasteiger partial charge in [-0.3, -0.25) is 9.59 Å². The van der Waals surface area contributed by atoms with Crippen LogP contribution in [-0.4, -0.2) is 22.8 Å². The van der Waals surface area contributed by atoms with Crippen molar-refractivity contribution in [3.8, 4) is 11.1 Å². The largest absolute Gasteiger partial charge is 0.361 e. The molecule has 0 saturated heterocycles. The second kappa shape index (κ2) is 7.59. The number of nitrogens with one attached hydrogen (secondary N) is 3. The van der Waals surface area contributed by atoms with Crippen LogP contribution in [0.1, 0.15) is 36.5 Å². The van der Waals surface area contributed by atoms with Gasteiger partial charge in [0.25, 0.3) is 5.91 Å². The van der Waals surface area contributed by atoms with E-state index in [0.717, 1.165) is 46.2 Å². The summed E-state index contributed by atoms with van der Waals surface area (Å²) in [6.07, 6.45) is 5.70. The zero-order chi connectivity index (χ0) is 20.5. The summed E-state index contributed by atoms with van der Waals surface area (Å²) in [4.78, 5) is 27.3. The fourth-order valence-corrected chi connectivity index (χ4v) is 3.52. The maximum atomic E-state index is 12.5. The van der Waals surface area contributed by atoms with Gasteiger partial charge in [-0.25, -0.2) is 0 Å². The number of aromatic amines is 1. The lowest BCUT2D eigenvalue weighted by Gasteiger charge is -2.13. The molecular weight excluding hydrogens is 362 g/mol. The van der Waals surface area contributed by atoms with Gasteiger partial charge in [-0.2, -0.15) is 0 Å². The Balaban J connectivity index is 1.69. The molecule has 1 aromatic heterocycles. The van der Waals surface area contributed by atoms with Crippen LogP contribution in [0.25, 0.3) is 28.1 Å². The summed E-state index contributed by atoms with van der Waals surface area (Å²) >= 11 is 0. The third-order valence-electron chi connectivity index (χ3n) is 5.25. The maximum absolute atomic E-state index is 12.5. The van der Waals surface area contributed by atoms with Gasteiger partial charge in [0.05, 0.1) is 0 Å². The first-order valence-electron chi connectivity index (χ1n) is 9.89. The first kappa shape index (κ1) is 19.0. The average Bonchev–Trinajstić information content (AvgIpc) is 3.36. The lowest BCUT2D eigenvalue weighted by Crippen LogP contribution is -2.34. The van der Waals surface area contributed by atoms with Crippen LogP contribution in [0.4, 0.5) is 0 Å². The molecule has 1 aliphatic rings. The highest BCUT2D eigenvalue weighted by atomic mass is 16.2. The number of aryl methyl sites for hydroxylation is 2. The summed E-state index contributed by atoms with van der Waals surface area (Å²) in [6, 6.07) is 12.9. The van der Waals surface area contributed by atoms with Crippen LogP contribution < -0.4 is 10.6 Å². The van der Waals surface area contributed by atoms with E-state index in [9.17, 15) is 9.59 Å². The zero-order valence-corrected chi connectivity index (χ0v) is 16.9. The number of rotatable bonds is 5. The van der Waals surface area contributed by atoms with E-state index < -0.39 is 0 Å². The minimum atomic E-state index is -0.256. The van der Waals surface area contributed by atoms with Gasteiger partial charge in [0.2, 0.25) is 5.91 Å². The van der Waals surface area contributed by atoms with Crippen molar-refractivity contribution in [2.75, 3.05) is 0 Å². The molecule has 0 bridgehead atoms. The summed E-state index contributed by atoms with van der Waals surface area (Å²) in [5.41, 5.74) is 6.79. The molecule has 0 spiro atoms. The number of H-pyrrole nitrogens is 1. The first-order valence-corrected chi connectivity index (χ1v) is 9.89. The summed E-state index contributed by atoms with van der Waals surface area (Å²) in [5.74, 6) is -0.491. The SMILES string of the molecule is CC(=O)N/C(=C\c1cc(C)c(-c2ccc3[nH]ccc3c2)cc1C)C(=O)NC1CC1. The monoisotopic (exact) mass is 387 g/mol. The van der Waals surface area contributed by atoms with Crippen LogP contribution in [0, 0.1) is 13.8 Å². The standard InChI is InChI=1S/C24H25N3O2/c1-14-11-21(17-4-7-22-18(12-17)8-9-25-22)15(2)10-19(14)13-23(26-16(3)28)24(29)27-20-5-6-20/h4,7-13,20,25H,5-6H2,1-3H3,(H,26,28)(H,27,29)/b23-13-. The van der Waals surface area contributed by atoms with Crippen molar-refractivity contribution in [2.45, 2.75) is 39.7 Å². The van der Waals surface area contributed by atoms with E-state index in [4.69, 9.17) is 0 Å². The molecule has 5 nitrogen and oxygen atoms in total. The lowest BCUT2D eigenvalue weighted by molar-refractivity contribution is -0.122. The van der Waals surface area contributed by atoms with E-state index in [0.29, 0.717) is 0 Å². The average molecular weight is 387 g/mol. The van der Waals surface area contributed by atoms with E-state index in [1.165, 1.54) is 12.3 Å². The number of carbonyl (C=O) groups excluding carboxylic acids is 2. The Kier molecular flexibility index (Phi) is 4.97. The number of amides is 2. The third kappa shape index (κ3) is 4.24. The maximum Gasteiger partial charge on any atom is 0.268 e. The van der Waals surface area contributed by atoms with Crippen LogP contribution in [0.5, 0.6) is 0 Å². The van der Waals surface area contributed by atoms with E-state index in [1.807, 2.05) is 13.1 Å². The quantitative estimate of drug-likeness (QED) is 0.574. The Labute approximate surface area is 170 Å². The number of benzene rings is 2. The molecule has 0 radical (unpaired) electrons. The van der Waals surface area contributed by atoms with Crippen molar-refractivity contribution in [2.24, 2.45) is 0 Å². The summed E-state index contributed by atoms with van der Waals surface area (Å²) < 4.78 is 0. The second-order valence-corrected chi connectivity index (χ2v) is 7.79. The van der Waals surface area contributed by atoms with Crippen molar-refractivity contribution >= 4 is 28.8 Å². The zero-order valence-electron chi connectivity index (χ0n) is 16.9. The van der Waals surface area contributed by atoms with Crippen molar-refractivity contribution in [3.05, 3.63) is 65.0 Å². The molecule has 0 unspecified atom stereocenters. The second-order valence-electron chi connectivity index (χ2n) is 7.79. The van der Waals surface area contributed by atoms with Crippen molar-refractivity contribution < 1.29 is 9.59 Å². The fraction of sp³-hybridized carbons (Fsp3) is 0.250. The van der Waals surface area contributed by atoms with E-state index in [2.05, 4.69) is 58.9 Å². The van der Waals surface area contributed by atoms with Crippen LogP contribution in [-0.2, 0) is 9.59 Å². The lowest BCUT2D eigenvalue weighted by atomic mass is 9.94. The predicted octanol–water partition coefficient (Wildman–Crippen LogP) is 4.21. The number of hydrogen-bond acceptors (Lipinski definition) is 2. The molecule has 1 heterocycles. The Morgan fingerprint density at radius 1 is 1.07 bits per heavy atom. The Morgan fingerprint density at radius 2 is 1.86 bits per heavy atom. The predicted molar refractivity (Wildman–Crippen MR) is 116 cm³/mol. The van der Waals surface area contributed by atoms with Crippen molar-refractivity contribution in [1.29, 1.82) is 0 Å². The molecule has 3 aromatic rings. The molecule has 3 N–H and O–H groups in total. The van der Waals surface area contributed by atoms with Gasteiger partial charge in [-0.1, -0.05) is 18.2 Å². The smallest absolute Gasteiger partial charge is 0.268 e. The molecule has 29 heavy (non-hydrogen) atoms. The van der Waals surface area contributed by atoms with Gasteiger partial charge < -0.3 is 15.6 Å². The molecular formula is C24H25N3O2. The van der Waals surface area contributed by atoms with Crippen LogP contribution in [0.3, 0.4) is 0 Å². The van der Waals surface area contributed by atoms with Gasteiger partial charge in [-0.05, 0) is 84.2 Å². The minimum Gasteiger partial charge on any atom is -0.361 e. The Morgan fingerprint density at radius 3 is 2.59 bits per heavy atom. The topological polar surface area (TPSA) is 74.0 Å². The number of hydrogen-bond donors (Lipinski definition) is 3. The molecule has 1 fully saturated rings. The van der Waals surface area contributed by atoms with Gasteiger partial charge in [0.15, 0.2) is 0 Å². The van der Waals surface area contributed by atoms with Gasteiger partial charge in [-0.15, -0.1) is 0 Å². The number of carbonyl (C=O) groups is 2. The van der Waals surface area contributed by atoms with Crippen LogP contribution in [0.2, 0.25) is 0 Å². The van der Waals surface area contributed by atoms with Gasteiger partial charge >= 0.3 is 0 Å². The molecule has 5 heteroatoms. The van der Waals surface area contributed by atoms with E-state index in [1.54, 1.807) is 6.08 Å². The summed E-state index contributed by atoms with van der Waals surface area (Å²) in [5, 5.41) is 6.79. The first-order chi connectivity index (χ1) is 13.9. The molecule has 4 rings (SSSR count). The highest BCUT2D eigenvalue weighted by Crippen LogP contribution is 2.30. The van der Waals surface area contributed by atoms with E-state index >= 15 is 0 Å². The Bertz CT molecular complexity index is 1140. The van der Waals surface area contributed by atoms with Crippen LogP contribution >= 0.6 is 0 Å². The number of fused-ring (bicyclic) bond motifs is 1. The van der Waals surface area contributed by atoms with E-state index in [-0.39, 0.29) is 23.6 Å². The molecule has 1 saturated carbocycles. The molecule has 148 valence electrons. The van der Waals surface area contributed by atoms with Crippen molar-refractivity contribution in [1.82, 2.24) is 15.6 Å². The van der Waals surface area contributed by atoms with Gasteiger partial charge in [0, 0.05) is 24.7 Å². The Hall–Kier alpha value is -3.34. The molecule has 2 aromatic carbocycles. The normalized spacial score (nSPS) is 14.1. The van der Waals surface area contributed by atoms with Crippen LogP contribution in [0.15, 0.2) is 48.3 Å². The van der Waals surface area contributed by atoms with Crippen molar-refractivity contribution in [3.63, 3.8) is 0 Å². The minimum absolute atomic E-state index is 0.230. The summed E-state index contributed by atoms with van der Waals surface area (Å²) in [7, 11) is 0. The third-order valence-corrected chi connectivity index (χ3v) is 5.25. The molecule has 1 aliphatic carbocycles.